The third kappa shape index (κ3) is 1.72. The van der Waals surface area contributed by atoms with Gasteiger partial charge in [0.15, 0.2) is 0 Å². The first-order chi connectivity index (χ1) is 6.87. The molecule has 74 valence electrons. The second-order valence-corrected chi connectivity index (χ2v) is 4.88. The van der Waals surface area contributed by atoms with Gasteiger partial charge in [-0.05, 0) is 30.4 Å². The van der Waals surface area contributed by atoms with E-state index in [0.29, 0.717) is 0 Å². The van der Waals surface area contributed by atoms with E-state index in [1.165, 1.54) is 5.56 Å². The first-order valence-corrected chi connectivity index (χ1v) is 5.84. The van der Waals surface area contributed by atoms with Crippen LogP contribution in [0.2, 0.25) is 0 Å². The molecule has 0 spiro atoms. The predicted molar refractivity (Wildman–Crippen MR) is 63.1 cm³/mol. The molecule has 0 saturated heterocycles. The maximum absolute atomic E-state index is 5.69. The molecule has 0 bridgehead atoms. The molecule has 1 aromatic carbocycles. The number of hydrogen-bond donors (Lipinski definition) is 1. The SMILES string of the molecule is NCCC1(c2ccccc2)CC=CS1. The first-order valence-electron chi connectivity index (χ1n) is 4.96. The van der Waals surface area contributed by atoms with Gasteiger partial charge in [-0.2, -0.15) is 0 Å². The molecule has 1 atom stereocenters. The quantitative estimate of drug-likeness (QED) is 0.821. The molecule has 0 amide bonds. The number of allylic oxidation sites excluding steroid dienone is 1. The van der Waals surface area contributed by atoms with Gasteiger partial charge < -0.3 is 5.73 Å². The molecule has 1 heterocycles. The van der Waals surface area contributed by atoms with Crippen LogP contribution in [-0.2, 0) is 4.75 Å². The Kier molecular flexibility index (Phi) is 2.94. The average molecular weight is 205 g/mol. The highest BCUT2D eigenvalue weighted by atomic mass is 32.2. The van der Waals surface area contributed by atoms with Crippen LogP contribution in [0.5, 0.6) is 0 Å². The van der Waals surface area contributed by atoms with E-state index in [4.69, 9.17) is 5.73 Å². The smallest absolute Gasteiger partial charge is 0.0495 e. The van der Waals surface area contributed by atoms with E-state index in [1.807, 2.05) is 11.8 Å². The van der Waals surface area contributed by atoms with Crippen LogP contribution in [0.1, 0.15) is 18.4 Å². The van der Waals surface area contributed by atoms with Crippen molar-refractivity contribution < 1.29 is 0 Å². The van der Waals surface area contributed by atoms with E-state index in [2.05, 4.69) is 41.8 Å². The standard InChI is InChI=1S/C12H15NS/c13-9-8-12(7-4-10-14-12)11-5-2-1-3-6-11/h1-6,10H,7-9,13H2. The van der Waals surface area contributed by atoms with Crippen molar-refractivity contribution in [3.05, 3.63) is 47.4 Å². The lowest BCUT2D eigenvalue weighted by Gasteiger charge is -2.28. The second kappa shape index (κ2) is 4.20. The first kappa shape index (κ1) is 9.81. The van der Waals surface area contributed by atoms with Crippen molar-refractivity contribution in [2.75, 3.05) is 6.54 Å². The molecule has 0 aromatic heterocycles. The third-order valence-corrected chi connectivity index (χ3v) is 4.07. The van der Waals surface area contributed by atoms with E-state index >= 15 is 0 Å². The van der Waals surface area contributed by atoms with Crippen LogP contribution in [0.3, 0.4) is 0 Å². The molecule has 0 aliphatic carbocycles. The highest BCUT2D eigenvalue weighted by Gasteiger charge is 2.32. The zero-order valence-corrected chi connectivity index (χ0v) is 8.96. The minimum absolute atomic E-state index is 0.218. The second-order valence-electron chi connectivity index (χ2n) is 3.59. The van der Waals surface area contributed by atoms with Crippen molar-refractivity contribution in [3.8, 4) is 0 Å². The molecule has 1 aliphatic heterocycles. The fourth-order valence-corrected chi connectivity index (χ4v) is 3.08. The summed E-state index contributed by atoms with van der Waals surface area (Å²) in [6.45, 7) is 0.754. The molecule has 0 radical (unpaired) electrons. The minimum atomic E-state index is 0.218. The Labute approximate surface area is 89.4 Å². The summed E-state index contributed by atoms with van der Waals surface area (Å²) in [4.78, 5) is 0. The monoisotopic (exact) mass is 205 g/mol. The highest BCUT2D eigenvalue weighted by molar-refractivity contribution is 8.03. The van der Waals surface area contributed by atoms with E-state index in [1.54, 1.807) is 0 Å². The molecule has 2 heteroatoms. The Morgan fingerprint density at radius 1 is 1.29 bits per heavy atom. The normalized spacial score (nSPS) is 25.5. The number of benzene rings is 1. The molecule has 0 saturated carbocycles. The van der Waals surface area contributed by atoms with Gasteiger partial charge in [0.05, 0.1) is 0 Å². The molecular weight excluding hydrogens is 190 g/mol. The summed E-state index contributed by atoms with van der Waals surface area (Å²) in [7, 11) is 0. The third-order valence-electron chi connectivity index (χ3n) is 2.69. The lowest BCUT2D eigenvalue weighted by atomic mass is 9.91. The van der Waals surface area contributed by atoms with Gasteiger partial charge in [-0.25, -0.2) is 0 Å². The van der Waals surface area contributed by atoms with Crippen molar-refractivity contribution in [2.24, 2.45) is 5.73 Å². The largest absolute Gasteiger partial charge is 0.330 e. The van der Waals surface area contributed by atoms with E-state index in [0.717, 1.165) is 19.4 Å². The Morgan fingerprint density at radius 2 is 2.07 bits per heavy atom. The molecule has 14 heavy (non-hydrogen) atoms. The maximum Gasteiger partial charge on any atom is 0.0495 e. The van der Waals surface area contributed by atoms with Gasteiger partial charge in [0.25, 0.3) is 0 Å². The molecule has 1 nitrogen and oxygen atoms in total. The Morgan fingerprint density at radius 3 is 2.64 bits per heavy atom. The topological polar surface area (TPSA) is 26.0 Å². The summed E-state index contributed by atoms with van der Waals surface area (Å²) >= 11 is 1.91. The van der Waals surface area contributed by atoms with Gasteiger partial charge in [-0.3, -0.25) is 0 Å². The van der Waals surface area contributed by atoms with Crippen molar-refractivity contribution >= 4 is 11.8 Å². The predicted octanol–water partition coefficient (Wildman–Crippen LogP) is 2.88. The van der Waals surface area contributed by atoms with Crippen molar-refractivity contribution in [1.29, 1.82) is 0 Å². The fraction of sp³-hybridized carbons (Fsp3) is 0.333. The summed E-state index contributed by atoms with van der Waals surface area (Å²) in [6, 6.07) is 10.7. The molecule has 2 N–H and O–H groups in total. The number of nitrogens with two attached hydrogens (primary N) is 1. The van der Waals surface area contributed by atoms with Crippen LogP contribution in [0, 0.1) is 0 Å². The highest BCUT2D eigenvalue weighted by Crippen LogP contribution is 2.47. The number of rotatable bonds is 3. The molecular formula is C12H15NS. The van der Waals surface area contributed by atoms with Crippen LogP contribution in [0.15, 0.2) is 41.8 Å². The van der Waals surface area contributed by atoms with Gasteiger partial charge in [-0.1, -0.05) is 36.4 Å². The van der Waals surface area contributed by atoms with Gasteiger partial charge in [0.2, 0.25) is 0 Å². The zero-order chi connectivity index (χ0) is 9.86. The van der Waals surface area contributed by atoms with Gasteiger partial charge in [0, 0.05) is 4.75 Å². The molecule has 1 unspecified atom stereocenters. The van der Waals surface area contributed by atoms with Crippen molar-refractivity contribution in [2.45, 2.75) is 17.6 Å². The summed E-state index contributed by atoms with van der Waals surface area (Å²) in [6.07, 6.45) is 4.40. The van der Waals surface area contributed by atoms with E-state index < -0.39 is 0 Å². The van der Waals surface area contributed by atoms with E-state index in [9.17, 15) is 0 Å². The molecule has 2 rings (SSSR count). The van der Waals surface area contributed by atoms with Crippen molar-refractivity contribution in [1.82, 2.24) is 0 Å². The van der Waals surface area contributed by atoms with Crippen LogP contribution in [0.4, 0.5) is 0 Å². The summed E-state index contributed by atoms with van der Waals surface area (Å²) in [5.41, 5.74) is 7.09. The summed E-state index contributed by atoms with van der Waals surface area (Å²) < 4.78 is 0.218. The molecule has 0 fully saturated rings. The Balaban J connectivity index is 2.28. The average Bonchev–Trinajstić information content (AvgIpc) is 2.70. The minimum Gasteiger partial charge on any atom is -0.330 e. The van der Waals surface area contributed by atoms with E-state index in [-0.39, 0.29) is 4.75 Å². The van der Waals surface area contributed by atoms with Gasteiger partial charge in [0.1, 0.15) is 0 Å². The fourth-order valence-electron chi connectivity index (χ4n) is 1.93. The number of hydrogen-bond acceptors (Lipinski definition) is 2. The Bertz CT molecular complexity index is 310. The van der Waals surface area contributed by atoms with Crippen LogP contribution in [0.25, 0.3) is 0 Å². The molecule has 1 aromatic rings. The summed E-state index contributed by atoms with van der Waals surface area (Å²) in [5, 5.41) is 2.20. The zero-order valence-electron chi connectivity index (χ0n) is 8.15. The number of thioether (sulfide) groups is 1. The lowest BCUT2D eigenvalue weighted by molar-refractivity contribution is 0.592. The van der Waals surface area contributed by atoms with Crippen LogP contribution in [-0.4, -0.2) is 6.54 Å². The Hall–Kier alpha value is -0.730. The molecule has 1 aliphatic rings. The summed E-state index contributed by atoms with van der Waals surface area (Å²) in [5.74, 6) is 0. The van der Waals surface area contributed by atoms with Gasteiger partial charge >= 0.3 is 0 Å². The maximum atomic E-state index is 5.69. The van der Waals surface area contributed by atoms with Gasteiger partial charge in [-0.15, -0.1) is 11.8 Å². The van der Waals surface area contributed by atoms with Crippen LogP contribution < -0.4 is 5.73 Å². The van der Waals surface area contributed by atoms with Crippen molar-refractivity contribution in [3.63, 3.8) is 0 Å². The van der Waals surface area contributed by atoms with Crippen LogP contribution >= 0.6 is 11.8 Å². The lowest BCUT2D eigenvalue weighted by Crippen LogP contribution is -2.22.